The summed E-state index contributed by atoms with van der Waals surface area (Å²) >= 11 is 0. The first-order chi connectivity index (χ1) is 10.2. The Morgan fingerprint density at radius 2 is 1.83 bits per heavy atom. The Morgan fingerprint density at radius 1 is 1.25 bits per heavy atom. The average Bonchev–Trinajstić information content (AvgIpc) is 2.45. The molecule has 2 unspecified atom stereocenters. The van der Waals surface area contributed by atoms with Crippen LogP contribution in [0.1, 0.15) is 27.7 Å². The minimum Gasteiger partial charge on any atom is -0.392 e. The van der Waals surface area contributed by atoms with Gasteiger partial charge in [-0.25, -0.2) is 0 Å². The van der Waals surface area contributed by atoms with Crippen LogP contribution in [0.25, 0.3) is 0 Å². The van der Waals surface area contributed by atoms with Gasteiger partial charge in [-0.2, -0.15) is 0 Å². The molecule has 0 aromatic rings. The first-order valence-electron chi connectivity index (χ1n) is 7.95. The van der Waals surface area contributed by atoms with E-state index in [-0.39, 0.29) is 61.2 Å². The van der Waals surface area contributed by atoms with Crippen LogP contribution in [-0.4, -0.2) is 77.6 Å². The summed E-state index contributed by atoms with van der Waals surface area (Å²) in [5.41, 5.74) is 5.74. The van der Waals surface area contributed by atoms with E-state index in [0.717, 1.165) is 6.54 Å². The van der Waals surface area contributed by atoms with Crippen molar-refractivity contribution in [3.05, 3.63) is 0 Å². The standard InChI is InChI=1S/C15H30N4O3.2ClH/c1-10(2)14(16)15(22)17-7-13(21)19-6-5-18(9-12(4)20)11(3)8-19;;/h10-12,14,20H,5-9,16H2,1-4H3,(H,17,22);2*1H/t11?,12?,14-;;/m0../s1. The van der Waals surface area contributed by atoms with Gasteiger partial charge in [0.25, 0.3) is 0 Å². The average molecular weight is 387 g/mol. The second-order valence-corrected chi connectivity index (χ2v) is 6.52. The molecule has 24 heavy (non-hydrogen) atoms. The lowest BCUT2D eigenvalue weighted by Gasteiger charge is -2.40. The number of piperazine rings is 1. The highest BCUT2D eigenvalue weighted by atomic mass is 35.5. The van der Waals surface area contributed by atoms with E-state index in [2.05, 4.69) is 10.2 Å². The summed E-state index contributed by atoms with van der Waals surface area (Å²) in [6.07, 6.45) is -0.374. The number of rotatable bonds is 6. The lowest BCUT2D eigenvalue weighted by molar-refractivity contribution is -0.135. The van der Waals surface area contributed by atoms with Crippen molar-refractivity contribution in [2.24, 2.45) is 11.7 Å². The molecule has 1 saturated heterocycles. The van der Waals surface area contributed by atoms with Gasteiger partial charge in [0, 0.05) is 32.2 Å². The predicted molar refractivity (Wildman–Crippen MR) is 99.6 cm³/mol. The Hall–Kier alpha value is -0.600. The van der Waals surface area contributed by atoms with E-state index in [0.29, 0.717) is 19.6 Å². The van der Waals surface area contributed by atoms with Gasteiger partial charge in [-0.15, -0.1) is 24.8 Å². The predicted octanol–water partition coefficient (Wildman–Crippen LogP) is -0.157. The second kappa shape index (κ2) is 11.9. The first kappa shape index (κ1) is 25.6. The molecule has 1 heterocycles. The number of aliphatic hydroxyl groups is 1. The maximum absolute atomic E-state index is 12.2. The Morgan fingerprint density at radius 3 is 2.29 bits per heavy atom. The number of hydrogen-bond donors (Lipinski definition) is 3. The zero-order valence-electron chi connectivity index (χ0n) is 14.9. The third-order valence-electron chi connectivity index (χ3n) is 4.05. The van der Waals surface area contributed by atoms with Crippen molar-refractivity contribution < 1.29 is 14.7 Å². The van der Waals surface area contributed by atoms with Crippen LogP contribution < -0.4 is 11.1 Å². The number of aliphatic hydroxyl groups excluding tert-OH is 1. The van der Waals surface area contributed by atoms with Gasteiger partial charge < -0.3 is 21.1 Å². The van der Waals surface area contributed by atoms with Gasteiger partial charge in [0.15, 0.2) is 0 Å². The van der Waals surface area contributed by atoms with Gasteiger partial charge in [-0.05, 0) is 19.8 Å². The Labute approximate surface area is 157 Å². The molecule has 7 nitrogen and oxygen atoms in total. The molecule has 0 saturated carbocycles. The number of carbonyl (C=O) groups is 2. The fourth-order valence-electron chi connectivity index (χ4n) is 2.53. The maximum Gasteiger partial charge on any atom is 0.242 e. The molecule has 144 valence electrons. The van der Waals surface area contributed by atoms with E-state index in [9.17, 15) is 14.7 Å². The van der Waals surface area contributed by atoms with Gasteiger partial charge in [-0.1, -0.05) is 13.8 Å². The van der Waals surface area contributed by atoms with E-state index in [4.69, 9.17) is 5.73 Å². The second-order valence-electron chi connectivity index (χ2n) is 6.52. The summed E-state index contributed by atoms with van der Waals surface area (Å²) in [5.74, 6) is -0.337. The largest absolute Gasteiger partial charge is 0.392 e. The van der Waals surface area contributed by atoms with E-state index >= 15 is 0 Å². The molecule has 0 bridgehead atoms. The molecule has 0 radical (unpaired) electrons. The van der Waals surface area contributed by atoms with Crippen LogP contribution >= 0.6 is 24.8 Å². The molecule has 2 amide bonds. The number of nitrogens with two attached hydrogens (primary N) is 1. The Kier molecular flexibility index (Phi) is 12.7. The normalized spacial score (nSPS) is 20.6. The highest BCUT2D eigenvalue weighted by Gasteiger charge is 2.27. The molecular weight excluding hydrogens is 355 g/mol. The van der Waals surface area contributed by atoms with Crippen LogP contribution in [0.3, 0.4) is 0 Å². The molecule has 0 spiro atoms. The van der Waals surface area contributed by atoms with E-state index in [1.807, 2.05) is 20.8 Å². The minimum absolute atomic E-state index is 0. The molecule has 0 aliphatic carbocycles. The number of nitrogens with one attached hydrogen (secondary N) is 1. The van der Waals surface area contributed by atoms with Crippen molar-refractivity contribution in [3.63, 3.8) is 0 Å². The highest BCUT2D eigenvalue weighted by Crippen LogP contribution is 2.10. The summed E-state index contributed by atoms with van der Waals surface area (Å²) in [4.78, 5) is 27.9. The monoisotopic (exact) mass is 386 g/mol. The molecule has 1 aliphatic heterocycles. The van der Waals surface area contributed by atoms with Gasteiger partial charge in [0.05, 0.1) is 18.7 Å². The number of amides is 2. The van der Waals surface area contributed by atoms with Crippen molar-refractivity contribution in [1.29, 1.82) is 0 Å². The lowest BCUT2D eigenvalue weighted by Crippen LogP contribution is -2.57. The highest BCUT2D eigenvalue weighted by molar-refractivity contribution is 5.87. The number of halogens is 2. The fraction of sp³-hybridized carbons (Fsp3) is 0.867. The minimum atomic E-state index is -0.588. The van der Waals surface area contributed by atoms with Crippen molar-refractivity contribution in [2.45, 2.75) is 45.9 Å². The summed E-state index contributed by atoms with van der Waals surface area (Å²) in [7, 11) is 0. The summed E-state index contributed by atoms with van der Waals surface area (Å²) in [6, 6.07) is -0.393. The molecular formula is C15H32Cl2N4O3. The van der Waals surface area contributed by atoms with Crippen molar-refractivity contribution in [1.82, 2.24) is 15.1 Å². The number of β-amino-alcohol motifs (C(OH)–C–C–N with tert-alkyl or cyclic N) is 1. The van der Waals surface area contributed by atoms with Crippen LogP contribution in [0.4, 0.5) is 0 Å². The van der Waals surface area contributed by atoms with E-state index in [1.165, 1.54) is 0 Å². The maximum atomic E-state index is 12.2. The Balaban J connectivity index is 0. The number of nitrogens with zero attached hydrogens (tertiary/aromatic N) is 2. The topological polar surface area (TPSA) is 98.9 Å². The zero-order chi connectivity index (χ0) is 16.9. The van der Waals surface area contributed by atoms with Crippen molar-refractivity contribution >= 4 is 36.6 Å². The van der Waals surface area contributed by atoms with Crippen LogP contribution in [-0.2, 0) is 9.59 Å². The molecule has 3 atom stereocenters. The van der Waals surface area contributed by atoms with Gasteiger partial charge in [0.1, 0.15) is 0 Å². The fourth-order valence-corrected chi connectivity index (χ4v) is 2.53. The first-order valence-corrected chi connectivity index (χ1v) is 7.95. The van der Waals surface area contributed by atoms with E-state index in [1.54, 1.807) is 11.8 Å². The van der Waals surface area contributed by atoms with Crippen molar-refractivity contribution in [3.8, 4) is 0 Å². The van der Waals surface area contributed by atoms with Gasteiger partial charge in [0.2, 0.25) is 11.8 Å². The van der Waals surface area contributed by atoms with Crippen LogP contribution in [0.2, 0.25) is 0 Å². The van der Waals surface area contributed by atoms with Crippen LogP contribution in [0, 0.1) is 5.92 Å². The molecule has 1 rings (SSSR count). The SMILES string of the molecule is CC(O)CN1CCN(C(=O)CNC(=O)[C@@H](N)C(C)C)CC1C.Cl.Cl. The van der Waals surface area contributed by atoms with Gasteiger partial charge in [-0.3, -0.25) is 14.5 Å². The molecule has 0 aromatic heterocycles. The summed E-state index contributed by atoms with van der Waals surface area (Å²) in [6.45, 7) is 10.1. The van der Waals surface area contributed by atoms with E-state index < -0.39 is 6.04 Å². The zero-order valence-corrected chi connectivity index (χ0v) is 16.5. The third kappa shape index (κ3) is 7.98. The van der Waals surface area contributed by atoms with Crippen molar-refractivity contribution in [2.75, 3.05) is 32.7 Å². The third-order valence-corrected chi connectivity index (χ3v) is 4.05. The number of carbonyl (C=O) groups excluding carboxylic acids is 2. The van der Waals surface area contributed by atoms with Gasteiger partial charge >= 0.3 is 0 Å². The molecule has 0 aromatic carbocycles. The summed E-state index contributed by atoms with van der Waals surface area (Å²) < 4.78 is 0. The quantitative estimate of drug-likeness (QED) is 0.589. The molecule has 1 aliphatic rings. The summed E-state index contributed by atoms with van der Waals surface area (Å²) in [5, 5.41) is 12.1. The molecule has 1 fully saturated rings. The van der Waals surface area contributed by atoms with Crippen LogP contribution in [0.5, 0.6) is 0 Å². The Bertz CT molecular complexity index is 397. The van der Waals surface area contributed by atoms with Crippen LogP contribution in [0.15, 0.2) is 0 Å². The lowest BCUT2D eigenvalue weighted by atomic mass is 10.1. The number of hydrogen-bond acceptors (Lipinski definition) is 5. The smallest absolute Gasteiger partial charge is 0.242 e. The molecule has 9 heteroatoms. The molecule has 4 N–H and O–H groups in total.